The van der Waals surface area contributed by atoms with E-state index < -0.39 is 12.0 Å². The molecule has 2 aromatic rings. The van der Waals surface area contributed by atoms with Gasteiger partial charge in [0.05, 0.1) is 24.2 Å². The maximum atomic E-state index is 11.2. The predicted octanol–water partition coefficient (Wildman–Crippen LogP) is 1.01. The fourth-order valence-corrected chi connectivity index (χ4v) is 2.70. The minimum absolute atomic E-state index is 0.414. The number of H-pyrrole nitrogens is 1. The minimum atomic E-state index is -0.526. The van der Waals surface area contributed by atoms with Crippen LogP contribution in [0.1, 0.15) is 5.82 Å². The highest BCUT2D eigenvalue weighted by molar-refractivity contribution is 9.10. The van der Waals surface area contributed by atoms with Gasteiger partial charge < -0.3 is 15.5 Å². The highest BCUT2D eigenvalue weighted by Crippen LogP contribution is 2.18. The third-order valence-corrected chi connectivity index (χ3v) is 3.83. The summed E-state index contributed by atoms with van der Waals surface area (Å²) in [6, 6.07) is 5.92. The van der Waals surface area contributed by atoms with Crippen LogP contribution in [-0.2, 0) is 16.1 Å². The van der Waals surface area contributed by atoms with Crippen molar-refractivity contribution in [3.63, 3.8) is 0 Å². The zero-order valence-corrected chi connectivity index (χ0v) is 12.4. The molecule has 1 aromatic heterocycles. The molecule has 1 aliphatic heterocycles. The van der Waals surface area contributed by atoms with Crippen molar-refractivity contribution >= 4 is 32.9 Å². The Morgan fingerprint density at radius 2 is 2.45 bits per heavy atom. The molecule has 20 heavy (non-hydrogen) atoms. The van der Waals surface area contributed by atoms with Crippen molar-refractivity contribution in [2.24, 2.45) is 5.73 Å². The first-order chi connectivity index (χ1) is 9.61. The van der Waals surface area contributed by atoms with E-state index >= 15 is 0 Å². The maximum absolute atomic E-state index is 11.2. The largest absolute Gasteiger partial charge is 0.367 e. The molecule has 0 radical (unpaired) electrons. The second kappa shape index (κ2) is 5.51. The Morgan fingerprint density at radius 3 is 3.25 bits per heavy atom. The van der Waals surface area contributed by atoms with Crippen LogP contribution in [0.4, 0.5) is 0 Å². The number of benzene rings is 1. The van der Waals surface area contributed by atoms with Gasteiger partial charge in [-0.1, -0.05) is 15.9 Å². The van der Waals surface area contributed by atoms with Crippen LogP contribution in [-0.4, -0.2) is 46.6 Å². The van der Waals surface area contributed by atoms with Crippen LogP contribution in [0.15, 0.2) is 22.7 Å². The molecule has 106 valence electrons. The Hall–Kier alpha value is -1.44. The van der Waals surface area contributed by atoms with Gasteiger partial charge in [0.2, 0.25) is 5.91 Å². The van der Waals surface area contributed by atoms with Crippen molar-refractivity contribution in [1.29, 1.82) is 0 Å². The lowest BCUT2D eigenvalue weighted by molar-refractivity contribution is -0.135. The summed E-state index contributed by atoms with van der Waals surface area (Å²) in [5, 5.41) is 0. The molecule has 1 atom stereocenters. The molecule has 1 aliphatic rings. The van der Waals surface area contributed by atoms with Crippen LogP contribution in [0.2, 0.25) is 0 Å². The number of fused-ring (bicyclic) bond motifs is 1. The average molecular weight is 339 g/mol. The van der Waals surface area contributed by atoms with Crippen LogP contribution >= 0.6 is 15.9 Å². The number of hydrogen-bond donors (Lipinski definition) is 2. The van der Waals surface area contributed by atoms with Gasteiger partial charge in [-0.15, -0.1) is 0 Å². The standard InChI is InChI=1S/C13H15BrN4O2/c14-8-1-2-9-10(5-8)17-12(16-9)7-18-3-4-20-11(6-18)13(15)19/h1-2,5,11H,3-4,6-7H2,(H2,15,19)(H,16,17). The van der Waals surface area contributed by atoms with Crippen molar-refractivity contribution in [2.75, 3.05) is 19.7 Å². The molecule has 1 aromatic carbocycles. The smallest absolute Gasteiger partial charge is 0.247 e. The van der Waals surface area contributed by atoms with E-state index in [4.69, 9.17) is 10.5 Å². The lowest BCUT2D eigenvalue weighted by Gasteiger charge is -2.30. The van der Waals surface area contributed by atoms with Gasteiger partial charge in [0.25, 0.3) is 0 Å². The molecule has 1 fully saturated rings. The second-order valence-corrected chi connectivity index (χ2v) is 5.76. The molecule has 1 amide bonds. The Bertz CT molecular complexity index is 642. The SMILES string of the molecule is NC(=O)C1CN(Cc2nc3ccc(Br)cc3[nH]2)CCO1. The third-order valence-electron chi connectivity index (χ3n) is 3.33. The number of morpholine rings is 1. The summed E-state index contributed by atoms with van der Waals surface area (Å²) in [6.07, 6.45) is -0.526. The van der Waals surface area contributed by atoms with E-state index in [1.807, 2.05) is 18.2 Å². The zero-order chi connectivity index (χ0) is 14.1. The number of rotatable bonds is 3. The van der Waals surface area contributed by atoms with Gasteiger partial charge in [0, 0.05) is 17.6 Å². The number of ether oxygens (including phenoxy) is 1. The molecular weight excluding hydrogens is 324 g/mol. The van der Waals surface area contributed by atoms with Crippen LogP contribution < -0.4 is 5.73 Å². The summed E-state index contributed by atoms with van der Waals surface area (Å²) in [5.41, 5.74) is 7.21. The van der Waals surface area contributed by atoms with Crippen molar-refractivity contribution in [2.45, 2.75) is 12.6 Å². The normalized spacial score (nSPS) is 20.4. The van der Waals surface area contributed by atoms with Gasteiger partial charge in [-0.25, -0.2) is 4.98 Å². The fourth-order valence-electron chi connectivity index (χ4n) is 2.34. The molecular formula is C13H15BrN4O2. The number of nitrogens with zero attached hydrogens (tertiary/aromatic N) is 2. The Kier molecular flexibility index (Phi) is 3.73. The van der Waals surface area contributed by atoms with Gasteiger partial charge in [0.15, 0.2) is 0 Å². The van der Waals surface area contributed by atoms with Crippen LogP contribution in [0.5, 0.6) is 0 Å². The number of hydrogen-bond acceptors (Lipinski definition) is 4. The van der Waals surface area contributed by atoms with E-state index in [9.17, 15) is 4.79 Å². The molecule has 0 aliphatic carbocycles. The Morgan fingerprint density at radius 1 is 1.60 bits per heavy atom. The molecule has 6 nitrogen and oxygen atoms in total. The van der Waals surface area contributed by atoms with E-state index in [0.717, 1.165) is 27.9 Å². The molecule has 0 saturated carbocycles. The first-order valence-electron chi connectivity index (χ1n) is 6.39. The average Bonchev–Trinajstić information content (AvgIpc) is 2.80. The molecule has 0 bridgehead atoms. The quantitative estimate of drug-likeness (QED) is 0.874. The van der Waals surface area contributed by atoms with E-state index in [-0.39, 0.29) is 0 Å². The first-order valence-corrected chi connectivity index (χ1v) is 7.18. The zero-order valence-electron chi connectivity index (χ0n) is 10.8. The summed E-state index contributed by atoms with van der Waals surface area (Å²) in [4.78, 5) is 21.1. The Balaban J connectivity index is 1.74. The number of aromatic nitrogens is 2. The number of imidazole rings is 1. The fraction of sp³-hybridized carbons (Fsp3) is 0.385. The molecule has 1 saturated heterocycles. The number of primary amides is 1. The minimum Gasteiger partial charge on any atom is -0.367 e. The number of amides is 1. The van der Waals surface area contributed by atoms with Gasteiger partial charge in [0.1, 0.15) is 11.9 Å². The van der Waals surface area contributed by atoms with Crippen molar-refractivity contribution in [3.8, 4) is 0 Å². The monoisotopic (exact) mass is 338 g/mol. The van der Waals surface area contributed by atoms with Crippen molar-refractivity contribution < 1.29 is 9.53 Å². The number of halogens is 1. The molecule has 0 spiro atoms. The van der Waals surface area contributed by atoms with Crippen molar-refractivity contribution in [3.05, 3.63) is 28.5 Å². The topological polar surface area (TPSA) is 84.2 Å². The van der Waals surface area contributed by atoms with Gasteiger partial charge in [-0.3, -0.25) is 9.69 Å². The molecule has 2 heterocycles. The van der Waals surface area contributed by atoms with Crippen LogP contribution in [0, 0.1) is 0 Å². The Labute approximate surface area is 124 Å². The summed E-state index contributed by atoms with van der Waals surface area (Å²) < 4.78 is 6.34. The van der Waals surface area contributed by atoms with E-state index in [1.165, 1.54) is 0 Å². The highest BCUT2D eigenvalue weighted by Gasteiger charge is 2.25. The predicted molar refractivity (Wildman–Crippen MR) is 78.0 cm³/mol. The number of carbonyl (C=O) groups excluding carboxylic acids is 1. The van der Waals surface area contributed by atoms with E-state index in [0.29, 0.717) is 19.7 Å². The van der Waals surface area contributed by atoms with E-state index in [1.54, 1.807) is 0 Å². The summed E-state index contributed by atoms with van der Waals surface area (Å²) in [7, 11) is 0. The van der Waals surface area contributed by atoms with Crippen LogP contribution in [0.25, 0.3) is 11.0 Å². The van der Waals surface area contributed by atoms with Crippen LogP contribution in [0.3, 0.4) is 0 Å². The lowest BCUT2D eigenvalue weighted by Crippen LogP contribution is -2.48. The number of nitrogens with one attached hydrogen (secondary N) is 1. The molecule has 3 rings (SSSR count). The maximum Gasteiger partial charge on any atom is 0.247 e. The second-order valence-electron chi connectivity index (χ2n) is 4.84. The third kappa shape index (κ3) is 2.84. The number of carbonyl (C=O) groups is 1. The molecule has 1 unspecified atom stereocenters. The highest BCUT2D eigenvalue weighted by atomic mass is 79.9. The van der Waals surface area contributed by atoms with E-state index in [2.05, 4.69) is 30.8 Å². The van der Waals surface area contributed by atoms with Crippen molar-refractivity contribution in [1.82, 2.24) is 14.9 Å². The first kappa shape index (κ1) is 13.5. The number of aromatic amines is 1. The van der Waals surface area contributed by atoms with Gasteiger partial charge in [-0.05, 0) is 18.2 Å². The molecule has 3 N–H and O–H groups in total. The summed E-state index contributed by atoms with van der Waals surface area (Å²) in [5.74, 6) is 0.464. The number of nitrogens with two attached hydrogens (primary N) is 1. The summed E-state index contributed by atoms with van der Waals surface area (Å²) in [6.45, 7) is 2.44. The molecule has 7 heteroatoms. The summed E-state index contributed by atoms with van der Waals surface area (Å²) >= 11 is 3.44. The lowest BCUT2D eigenvalue weighted by atomic mass is 10.2. The van der Waals surface area contributed by atoms with Gasteiger partial charge in [-0.2, -0.15) is 0 Å². The van der Waals surface area contributed by atoms with Gasteiger partial charge >= 0.3 is 0 Å².